The number of esters is 1. The third-order valence-corrected chi connectivity index (χ3v) is 4.31. The van der Waals surface area contributed by atoms with E-state index >= 15 is 0 Å². The van der Waals surface area contributed by atoms with Gasteiger partial charge in [0.05, 0.1) is 11.5 Å². The number of ketones is 1. The minimum atomic E-state index is -0.555. The first-order valence-corrected chi connectivity index (χ1v) is 9.14. The molecular formula is C16H15BrN2O5S. The molecule has 9 heteroatoms. The van der Waals surface area contributed by atoms with Crippen LogP contribution in [0.25, 0.3) is 0 Å². The summed E-state index contributed by atoms with van der Waals surface area (Å²) in [6, 6.07) is 8.35. The number of ether oxygens (including phenoxy) is 1. The summed E-state index contributed by atoms with van der Waals surface area (Å²) in [5.74, 6) is -0.212. The second-order valence-electron chi connectivity index (χ2n) is 4.95. The van der Waals surface area contributed by atoms with Crippen LogP contribution in [0.5, 0.6) is 0 Å². The maximum absolute atomic E-state index is 11.9. The molecule has 1 heterocycles. The van der Waals surface area contributed by atoms with E-state index in [-0.39, 0.29) is 29.8 Å². The van der Waals surface area contributed by atoms with Crippen molar-refractivity contribution in [2.45, 2.75) is 6.92 Å². The molecule has 0 saturated carbocycles. The van der Waals surface area contributed by atoms with E-state index in [1.807, 2.05) is 0 Å². The molecule has 0 spiro atoms. The number of aryl methyl sites for hydroxylation is 1. The molecule has 1 aromatic heterocycles. The van der Waals surface area contributed by atoms with Gasteiger partial charge in [-0.15, -0.1) is 11.8 Å². The number of rotatable bonds is 8. The molecule has 0 unspecified atom stereocenters. The van der Waals surface area contributed by atoms with Crippen molar-refractivity contribution in [1.82, 2.24) is 5.16 Å². The number of carbonyl (C=O) groups is 3. The van der Waals surface area contributed by atoms with Gasteiger partial charge < -0.3 is 14.6 Å². The van der Waals surface area contributed by atoms with E-state index < -0.39 is 5.97 Å². The molecule has 0 radical (unpaired) electrons. The van der Waals surface area contributed by atoms with Crippen LogP contribution in [0.1, 0.15) is 16.1 Å². The molecule has 0 aliphatic rings. The van der Waals surface area contributed by atoms with E-state index in [2.05, 4.69) is 26.4 Å². The van der Waals surface area contributed by atoms with Crippen LogP contribution in [-0.2, 0) is 14.3 Å². The Morgan fingerprint density at radius 1 is 1.24 bits per heavy atom. The Hall–Kier alpha value is -2.13. The second-order valence-corrected chi connectivity index (χ2v) is 6.86. The van der Waals surface area contributed by atoms with E-state index in [4.69, 9.17) is 9.26 Å². The number of Topliss-reactive ketones (excluding diaryl/α,β-unsaturated/α-hetero) is 1. The molecule has 2 rings (SSSR count). The van der Waals surface area contributed by atoms with Gasteiger partial charge in [0.25, 0.3) is 0 Å². The number of benzene rings is 1. The molecule has 1 N–H and O–H groups in total. The number of hydrogen-bond donors (Lipinski definition) is 1. The monoisotopic (exact) mass is 426 g/mol. The van der Waals surface area contributed by atoms with Crippen molar-refractivity contribution in [2.24, 2.45) is 0 Å². The average Bonchev–Trinajstić information content (AvgIpc) is 2.98. The maximum Gasteiger partial charge on any atom is 0.316 e. The third kappa shape index (κ3) is 6.71. The Labute approximate surface area is 156 Å². The quantitative estimate of drug-likeness (QED) is 0.511. The molecule has 0 bridgehead atoms. The van der Waals surface area contributed by atoms with Gasteiger partial charge in [0.15, 0.2) is 18.2 Å². The first-order chi connectivity index (χ1) is 11.9. The van der Waals surface area contributed by atoms with Crippen molar-refractivity contribution in [1.29, 1.82) is 0 Å². The molecule has 2 aromatic rings. The van der Waals surface area contributed by atoms with Crippen molar-refractivity contribution in [3.05, 3.63) is 46.1 Å². The van der Waals surface area contributed by atoms with E-state index in [9.17, 15) is 14.4 Å². The number of aromatic nitrogens is 1. The maximum atomic E-state index is 11.9. The SMILES string of the molecule is Cc1cc(NC(=O)CSCC(=O)OCC(=O)c2ccc(Br)cc2)no1. The van der Waals surface area contributed by atoms with Crippen LogP contribution < -0.4 is 5.32 Å². The summed E-state index contributed by atoms with van der Waals surface area (Å²) >= 11 is 4.36. The first kappa shape index (κ1) is 19.2. The van der Waals surface area contributed by atoms with Crippen LogP contribution in [0.2, 0.25) is 0 Å². The molecule has 1 aromatic carbocycles. The first-order valence-electron chi connectivity index (χ1n) is 7.19. The van der Waals surface area contributed by atoms with Gasteiger partial charge in [0.2, 0.25) is 5.91 Å². The fraction of sp³-hybridized carbons (Fsp3) is 0.250. The number of halogens is 1. The number of hydrogen-bond acceptors (Lipinski definition) is 7. The van der Waals surface area contributed by atoms with Gasteiger partial charge in [-0.2, -0.15) is 0 Å². The molecule has 25 heavy (non-hydrogen) atoms. The fourth-order valence-electron chi connectivity index (χ4n) is 1.74. The van der Waals surface area contributed by atoms with Gasteiger partial charge in [-0.25, -0.2) is 0 Å². The van der Waals surface area contributed by atoms with Crippen molar-refractivity contribution in [2.75, 3.05) is 23.4 Å². The van der Waals surface area contributed by atoms with E-state index in [1.165, 1.54) is 0 Å². The molecule has 0 atom stereocenters. The molecule has 0 aliphatic heterocycles. The normalized spacial score (nSPS) is 10.3. The smallest absolute Gasteiger partial charge is 0.316 e. The summed E-state index contributed by atoms with van der Waals surface area (Å²) in [5, 5.41) is 6.17. The van der Waals surface area contributed by atoms with Crippen LogP contribution in [-0.4, -0.2) is 40.9 Å². The van der Waals surface area contributed by atoms with Crippen LogP contribution in [0, 0.1) is 6.92 Å². The Kier molecular flexibility index (Phi) is 7.20. The van der Waals surface area contributed by atoms with E-state index in [1.54, 1.807) is 37.3 Å². The number of carbonyl (C=O) groups excluding carboxylic acids is 3. The van der Waals surface area contributed by atoms with Gasteiger partial charge >= 0.3 is 5.97 Å². The van der Waals surface area contributed by atoms with Crippen LogP contribution in [0.4, 0.5) is 5.82 Å². The predicted octanol–water partition coefficient (Wildman–Crippen LogP) is 2.84. The van der Waals surface area contributed by atoms with Crippen LogP contribution >= 0.6 is 27.7 Å². The highest BCUT2D eigenvalue weighted by Gasteiger charge is 2.12. The van der Waals surface area contributed by atoms with Crippen molar-refractivity contribution >= 4 is 51.2 Å². The number of nitrogens with one attached hydrogen (secondary N) is 1. The molecule has 132 valence electrons. The molecule has 0 saturated heterocycles. The highest BCUT2D eigenvalue weighted by atomic mass is 79.9. The molecule has 7 nitrogen and oxygen atoms in total. The van der Waals surface area contributed by atoms with Gasteiger partial charge in [-0.1, -0.05) is 33.2 Å². The van der Waals surface area contributed by atoms with Gasteiger partial charge in [-0.05, 0) is 19.1 Å². The number of amides is 1. The van der Waals surface area contributed by atoms with Gasteiger partial charge in [0, 0.05) is 16.1 Å². The van der Waals surface area contributed by atoms with E-state index in [0.29, 0.717) is 17.1 Å². The summed E-state index contributed by atoms with van der Waals surface area (Å²) in [7, 11) is 0. The zero-order valence-corrected chi connectivity index (χ0v) is 15.7. The summed E-state index contributed by atoms with van der Waals surface area (Å²) in [6.45, 7) is 1.38. The highest BCUT2D eigenvalue weighted by Crippen LogP contribution is 2.11. The number of anilines is 1. The standard InChI is InChI=1S/C16H15BrN2O5S/c1-10-6-14(19-24-10)18-15(21)8-25-9-16(22)23-7-13(20)11-2-4-12(17)5-3-11/h2-6H,7-9H2,1H3,(H,18,19,21). The third-order valence-electron chi connectivity index (χ3n) is 2.88. The molecular weight excluding hydrogens is 412 g/mol. The molecule has 0 fully saturated rings. The molecule has 0 aliphatic carbocycles. The largest absolute Gasteiger partial charge is 0.457 e. The Morgan fingerprint density at radius 2 is 1.96 bits per heavy atom. The summed E-state index contributed by atoms with van der Waals surface area (Å²) in [5.41, 5.74) is 0.464. The van der Waals surface area contributed by atoms with Gasteiger partial charge in [0.1, 0.15) is 5.76 Å². The lowest BCUT2D eigenvalue weighted by atomic mass is 10.1. The number of nitrogens with zero attached hydrogens (tertiary/aromatic N) is 1. The fourth-order valence-corrected chi connectivity index (χ4v) is 2.61. The lowest BCUT2D eigenvalue weighted by Crippen LogP contribution is -2.18. The zero-order valence-electron chi connectivity index (χ0n) is 13.3. The minimum Gasteiger partial charge on any atom is -0.457 e. The second kappa shape index (κ2) is 9.38. The summed E-state index contributed by atoms with van der Waals surface area (Å²) < 4.78 is 10.6. The van der Waals surface area contributed by atoms with Crippen LogP contribution in [0.3, 0.4) is 0 Å². The number of thioether (sulfide) groups is 1. The Bertz CT molecular complexity index is 760. The highest BCUT2D eigenvalue weighted by molar-refractivity contribution is 9.10. The predicted molar refractivity (Wildman–Crippen MR) is 96.6 cm³/mol. The lowest BCUT2D eigenvalue weighted by Gasteiger charge is -2.05. The average molecular weight is 427 g/mol. The van der Waals surface area contributed by atoms with Crippen LogP contribution in [0.15, 0.2) is 39.3 Å². The van der Waals surface area contributed by atoms with E-state index in [0.717, 1.165) is 16.2 Å². The van der Waals surface area contributed by atoms with Gasteiger partial charge in [-0.3, -0.25) is 14.4 Å². The lowest BCUT2D eigenvalue weighted by molar-refractivity contribution is -0.139. The Balaban J connectivity index is 1.64. The van der Waals surface area contributed by atoms with Crippen molar-refractivity contribution < 1.29 is 23.6 Å². The summed E-state index contributed by atoms with van der Waals surface area (Å²) in [4.78, 5) is 35.1. The zero-order chi connectivity index (χ0) is 18.2. The van der Waals surface area contributed by atoms with Crippen molar-refractivity contribution in [3.8, 4) is 0 Å². The minimum absolute atomic E-state index is 0.0289. The summed E-state index contributed by atoms with van der Waals surface area (Å²) in [6.07, 6.45) is 0. The topological polar surface area (TPSA) is 98.5 Å². The Morgan fingerprint density at radius 3 is 2.60 bits per heavy atom. The van der Waals surface area contributed by atoms with Crippen molar-refractivity contribution in [3.63, 3.8) is 0 Å². The molecule has 1 amide bonds.